The van der Waals surface area contributed by atoms with Crippen LogP contribution in [0.2, 0.25) is 0 Å². The summed E-state index contributed by atoms with van der Waals surface area (Å²) in [5, 5.41) is 0. The molecule has 0 aliphatic carbocycles. The van der Waals surface area contributed by atoms with Crippen LogP contribution in [0.1, 0.15) is 45.7 Å². The van der Waals surface area contributed by atoms with Crippen LogP contribution in [-0.4, -0.2) is 15.0 Å². The maximum atomic E-state index is 12.2. The van der Waals surface area contributed by atoms with Crippen LogP contribution in [0.5, 0.6) is 0 Å². The van der Waals surface area contributed by atoms with E-state index in [1.165, 1.54) is 0 Å². The highest BCUT2D eigenvalue weighted by molar-refractivity contribution is 7.89. The van der Waals surface area contributed by atoms with Gasteiger partial charge in [-0.05, 0) is 29.5 Å². The Morgan fingerprint density at radius 1 is 1.32 bits per heavy atom. The van der Waals surface area contributed by atoms with Crippen LogP contribution in [0.25, 0.3) is 0 Å². The van der Waals surface area contributed by atoms with Crippen LogP contribution in [-0.2, 0) is 10.0 Å². The first-order valence-electron chi connectivity index (χ1n) is 6.51. The van der Waals surface area contributed by atoms with Crippen molar-refractivity contribution in [1.29, 1.82) is 0 Å². The summed E-state index contributed by atoms with van der Waals surface area (Å²) in [6.45, 7) is 8.33. The lowest BCUT2D eigenvalue weighted by Crippen LogP contribution is -2.32. The lowest BCUT2D eigenvalue weighted by atomic mass is 9.98. The van der Waals surface area contributed by atoms with Gasteiger partial charge in [-0.3, -0.25) is 0 Å². The first kappa shape index (κ1) is 16.1. The highest BCUT2D eigenvalue weighted by atomic mass is 32.2. The Kier molecular flexibility index (Phi) is 5.12. The fraction of sp³-hybridized carbons (Fsp3) is 0.571. The molecule has 0 amide bonds. The summed E-state index contributed by atoms with van der Waals surface area (Å²) in [7, 11) is -3.46. The highest BCUT2D eigenvalue weighted by Crippen LogP contribution is 2.19. The van der Waals surface area contributed by atoms with Gasteiger partial charge in [0.15, 0.2) is 0 Å². The first-order valence-corrected chi connectivity index (χ1v) is 7.99. The van der Waals surface area contributed by atoms with Crippen molar-refractivity contribution in [3.63, 3.8) is 0 Å². The number of sulfonamides is 1. The lowest BCUT2D eigenvalue weighted by Gasteiger charge is -2.19. The zero-order valence-electron chi connectivity index (χ0n) is 12.1. The molecule has 1 aromatic carbocycles. The van der Waals surface area contributed by atoms with Gasteiger partial charge in [-0.15, -0.1) is 0 Å². The maximum Gasteiger partial charge on any atom is 0.240 e. The second-order valence-electron chi connectivity index (χ2n) is 5.97. The Bertz CT molecular complexity index is 518. The van der Waals surface area contributed by atoms with E-state index in [4.69, 9.17) is 5.73 Å². The summed E-state index contributed by atoms with van der Waals surface area (Å²) < 4.78 is 27.0. The van der Waals surface area contributed by atoms with Crippen molar-refractivity contribution in [2.75, 3.05) is 6.54 Å². The Morgan fingerprint density at radius 3 is 2.47 bits per heavy atom. The fourth-order valence-electron chi connectivity index (χ4n) is 1.54. The van der Waals surface area contributed by atoms with Gasteiger partial charge in [0, 0.05) is 12.6 Å². The largest absolute Gasteiger partial charge is 0.324 e. The first-order chi connectivity index (χ1) is 8.65. The van der Waals surface area contributed by atoms with E-state index >= 15 is 0 Å². The molecule has 0 saturated carbocycles. The van der Waals surface area contributed by atoms with Crippen LogP contribution in [0.3, 0.4) is 0 Å². The van der Waals surface area contributed by atoms with Crippen molar-refractivity contribution >= 4 is 10.0 Å². The number of rotatable bonds is 5. The number of nitrogens with two attached hydrogens (primary N) is 1. The van der Waals surface area contributed by atoms with Gasteiger partial charge >= 0.3 is 0 Å². The van der Waals surface area contributed by atoms with Gasteiger partial charge < -0.3 is 5.73 Å². The molecule has 4 nitrogen and oxygen atoms in total. The lowest BCUT2D eigenvalue weighted by molar-refractivity contribution is 0.407. The molecule has 0 aromatic heterocycles. The minimum Gasteiger partial charge on any atom is -0.324 e. The quantitative estimate of drug-likeness (QED) is 0.872. The van der Waals surface area contributed by atoms with E-state index in [-0.39, 0.29) is 16.4 Å². The third-order valence-electron chi connectivity index (χ3n) is 2.83. The number of benzene rings is 1. The van der Waals surface area contributed by atoms with Crippen molar-refractivity contribution in [3.8, 4) is 0 Å². The van der Waals surface area contributed by atoms with E-state index in [1.807, 2.05) is 33.8 Å². The second kappa shape index (κ2) is 6.03. The van der Waals surface area contributed by atoms with Crippen molar-refractivity contribution in [2.45, 2.75) is 45.1 Å². The summed E-state index contributed by atoms with van der Waals surface area (Å²) in [5.41, 5.74) is 6.69. The fourth-order valence-corrected chi connectivity index (χ4v) is 2.88. The van der Waals surface area contributed by atoms with Crippen LogP contribution in [0.15, 0.2) is 29.2 Å². The Labute approximate surface area is 116 Å². The standard InChI is InChI=1S/C14H24N2O2S/c1-5-13(15)11-7-6-8-12(9-11)19(17,18)16-10-14(2,3)4/h6-9,13,16H,5,10,15H2,1-4H3. The molecule has 108 valence electrons. The normalized spacial score (nSPS) is 14.4. The van der Waals surface area contributed by atoms with Crippen molar-refractivity contribution in [3.05, 3.63) is 29.8 Å². The topological polar surface area (TPSA) is 72.2 Å². The molecule has 1 unspecified atom stereocenters. The van der Waals surface area contributed by atoms with E-state index < -0.39 is 10.0 Å². The Hall–Kier alpha value is -0.910. The van der Waals surface area contributed by atoms with Gasteiger partial charge in [-0.2, -0.15) is 0 Å². The zero-order chi connectivity index (χ0) is 14.7. The van der Waals surface area contributed by atoms with Crippen LogP contribution >= 0.6 is 0 Å². The van der Waals surface area contributed by atoms with Crippen molar-refractivity contribution < 1.29 is 8.42 Å². The van der Waals surface area contributed by atoms with Crippen LogP contribution < -0.4 is 10.5 Å². The van der Waals surface area contributed by atoms with E-state index in [9.17, 15) is 8.42 Å². The molecule has 5 heteroatoms. The molecule has 1 rings (SSSR count). The highest BCUT2D eigenvalue weighted by Gasteiger charge is 2.19. The minimum atomic E-state index is -3.46. The molecule has 0 saturated heterocycles. The smallest absolute Gasteiger partial charge is 0.240 e. The molecule has 0 fully saturated rings. The van der Waals surface area contributed by atoms with E-state index in [0.717, 1.165) is 12.0 Å². The van der Waals surface area contributed by atoms with E-state index in [2.05, 4.69) is 4.72 Å². The average molecular weight is 284 g/mol. The summed E-state index contributed by atoms with van der Waals surface area (Å²) in [5.74, 6) is 0. The predicted molar refractivity (Wildman–Crippen MR) is 78.3 cm³/mol. The van der Waals surface area contributed by atoms with Gasteiger partial charge in [-0.25, -0.2) is 13.1 Å². The van der Waals surface area contributed by atoms with Crippen LogP contribution in [0, 0.1) is 5.41 Å². The van der Waals surface area contributed by atoms with E-state index in [1.54, 1.807) is 18.2 Å². The maximum absolute atomic E-state index is 12.2. The Balaban J connectivity index is 2.96. The molecule has 0 bridgehead atoms. The molecule has 0 aliphatic rings. The van der Waals surface area contributed by atoms with Gasteiger partial charge in [-0.1, -0.05) is 39.8 Å². The SMILES string of the molecule is CCC(N)c1cccc(S(=O)(=O)NCC(C)(C)C)c1. The third kappa shape index (κ3) is 4.93. The molecular weight excluding hydrogens is 260 g/mol. The number of nitrogens with one attached hydrogen (secondary N) is 1. The van der Waals surface area contributed by atoms with Crippen molar-refractivity contribution in [1.82, 2.24) is 4.72 Å². The molecular formula is C14H24N2O2S. The van der Waals surface area contributed by atoms with Crippen LogP contribution in [0.4, 0.5) is 0 Å². The average Bonchev–Trinajstić information content (AvgIpc) is 2.35. The van der Waals surface area contributed by atoms with Gasteiger partial charge in [0.1, 0.15) is 0 Å². The predicted octanol–water partition coefficient (Wildman–Crippen LogP) is 2.42. The van der Waals surface area contributed by atoms with Crippen molar-refractivity contribution in [2.24, 2.45) is 11.1 Å². The minimum absolute atomic E-state index is 0.0928. The Morgan fingerprint density at radius 2 is 1.95 bits per heavy atom. The zero-order valence-corrected chi connectivity index (χ0v) is 12.9. The molecule has 0 spiro atoms. The molecule has 0 heterocycles. The second-order valence-corrected chi connectivity index (χ2v) is 7.74. The molecule has 0 aliphatic heterocycles. The summed E-state index contributed by atoms with van der Waals surface area (Å²) in [4.78, 5) is 0.276. The molecule has 19 heavy (non-hydrogen) atoms. The summed E-state index contributed by atoms with van der Waals surface area (Å²) in [6.07, 6.45) is 0.777. The van der Waals surface area contributed by atoms with E-state index in [0.29, 0.717) is 6.54 Å². The molecule has 0 radical (unpaired) electrons. The molecule has 1 atom stereocenters. The number of hydrogen-bond acceptors (Lipinski definition) is 3. The monoisotopic (exact) mass is 284 g/mol. The van der Waals surface area contributed by atoms with Gasteiger partial charge in [0.05, 0.1) is 4.90 Å². The number of hydrogen-bond donors (Lipinski definition) is 2. The molecule has 1 aromatic rings. The summed E-state index contributed by atoms with van der Waals surface area (Å²) in [6, 6.07) is 6.71. The molecule has 3 N–H and O–H groups in total. The third-order valence-corrected chi connectivity index (χ3v) is 4.23. The van der Waals surface area contributed by atoms with Gasteiger partial charge in [0.25, 0.3) is 0 Å². The van der Waals surface area contributed by atoms with Gasteiger partial charge in [0.2, 0.25) is 10.0 Å². The summed E-state index contributed by atoms with van der Waals surface area (Å²) >= 11 is 0.